The van der Waals surface area contributed by atoms with E-state index >= 15 is 4.39 Å². The number of amides is 3. The molecule has 0 saturated carbocycles. The van der Waals surface area contributed by atoms with Gasteiger partial charge in [-0.05, 0) is 92.1 Å². The molecule has 0 bridgehead atoms. The monoisotopic (exact) mass is 549 g/mol. The number of imide groups is 1. The Morgan fingerprint density at radius 3 is 1.59 bits per heavy atom. The number of benzene rings is 2. The minimum absolute atomic E-state index is 0.228. The van der Waals surface area contributed by atoms with Gasteiger partial charge in [0.2, 0.25) is 0 Å². The lowest BCUT2D eigenvalue weighted by atomic mass is 10.1. The van der Waals surface area contributed by atoms with Crippen LogP contribution in [-0.2, 0) is 20.8 Å². The number of nitrogens with two attached hydrogens (primary N) is 1. The number of nitrogen functional groups attached to an aromatic ring is 1. The maximum Gasteiger partial charge on any atom is 0.424 e. The van der Waals surface area contributed by atoms with E-state index in [2.05, 4.69) is 0 Å². The van der Waals surface area contributed by atoms with Crippen LogP contribution < -0.4 is 15.5 Å². The predicted molar refractivity (Wildman–Crippen MR) is 145 cm³/mol. The summed E-state index contributed by atoms with van der Waals surface area (Å²) in [5.41, 5.74) is 2.17. The molecule has 0 heterocycles. The first kappa shape index (κ1) is 31.3. The molecule has 0 fully saturated rings. The largest absolute Gasteiger partial charge is 0.443 e. The molecule has 2 aromatic carbocycles. The minimum atomic E-state index is -1.23. The predicted octanol–water partition coefficient (Wildman–Crippen LogP) is 7.17. The highest BCUT2D eigenvalue weighted by Crippen LogP contribution is 2.37. The average molecular weight is 550 g/mol. The van der Waals surface area contributed by atoms with Crippen molar-refractivity contribution >= 4 is 35.3 Å². The molecular formula is C28H37F2N3O6. The highest BCUT2D eigenvalue weighted by molar-refractivity contribution is 6.12. The number of halogens is 2. The Bertz CT molecular complexity index is 1180. The number of rotatable bonds is 4. The summed E-state index contributed by atoms with van der Waals surface area (Å²) >= 11 is 0. The van der Waals surface area contributed by atoms with Crippen molar-refractivity contribution in [2.45, 2.75) is 85.7 Å². The first-order chi connectivity index (χ1) is 17.7. The van der Waals surface area contributed by atoms with Crippen molar-refractivity contribution in [3.63, 3.8) is 0 Å². The summed E-state index contributed by atoms with van der Waals surface area (Å²) in [6.07, 6.45) is -3.40. The second kappa shape index (κ2) is 11.5. The fraction of sp³-hybridized carbons (Fsp3) is 0.464. The summed E-state index contributed by atoms with van der Waals surface area (Å²) in [5, 5.41) is 0. The van der Waals surface area contributed by atoms with Crippen molar-refractivity contribution in [2.24, 2.45) is 0 Å². The van der Waals surface area contributed by atoms with Gasteiger partial charge in [0.1, 0.15) is 28.3 Å². The third-order valence-electron chi connectivity index (χ3n) is 4.66. The van der Waals surface area contributed by atoms with E-state index in [1.807, 2.05) is 0 Å². The maximum absolute atomic E-state index is 16.3. The van der Waals surface area contributed by atoms with Gasteiger partial charge in [-0.15, -0.1) is 0 Å². The van der Waals surface area contributed by atoms with Crippen molar-refractivity contribution in [2.75, 3.05) is 15.5 Å². The van der Waals surface area contributed by atoms with E-state index in [-0.39, 0.29) is 17.9 Å². The lowest BCUT2D eigenvalue weighted by molar-refractivity contribution is 0.0428. The highest BCUT2D eigenvalue weighted by atomic mass is 19.1. The first-order valence-corrected chi connectivity index (χ1v) is 12.3. The topological polar surface area (TPSA) is 111 Å². The van der Waals surface area contributed by atoms with Crippen molar-refractivity contribution < 1.29 is 37.4 Å². The zero-order valence-electron chi connectivity index (χ0n) is 23.8. The number of nitrogens with zero attached hydrogens (tertiary/aromatic N) is 2. The van der Waals surface area contributed by atoms with Crippen LogP contribution in [-0.4, -0.2) is 35.1 Å². The fourth-order valence-corrected chi connectivity index (χ4v) is 3.21. The summed E-state index contributed by atoms with van der Waals surface area (Å²) in [6, 6.07) is 7.69. The Balaban J connectivity index is 2.72. The molecule has 0 radical (unpaired) electrons. The molecule has 0 unspecified atom stereocenters. The minimum Gasteiger partial charge on any atom is -0.443 e. The molecule has 0 aromatic heterocycles. The van der Waals surface area contributed by atoms with Gasteiger partial charge in [-0.2, -0.15) is 4.90 Å². The summed E-state index contributed by atoms with van der Waals surface area (Å²) in [7, 11) is 0. The van der Waals surface area contributed by atoms with Gasteiger partial charge in [-0.1, -0.05) is 12.1 Å². The summed E-state index contributed by atoms with van der Waals surface area (Å²) < 4.78 is 46.0. The van der Waals surface area contributed by atoms with Crippen LogP contribution in [0.5, 0.6) is 0 Å². The van der Waals surface area contributed by atoms with E-state index in [4.69, 9.17) is 19.9 Å². The number of hydrogen-bond acceptors (Lipinski definition) is 7. The lowest BCUT2D eigenvalue weighted by Crippen LogP contribution is -2.45. The molecule has 2 N–H and O–H groups in total. The van der Waals surface area contributed by atoms with Crippen LogP contribution in [0.2, 0.25) is 0 Å². The standard InChI is InChI=1S/C28H37F2N3O6/c1-26(2,3)37-23(34)32(16-17-10-12-18(29)13-11-17)20-15-14-19(31)22(21(20)30)33(24(35)38-27(4,5)6)25(36)39-28(7,8)9/h10-15H,16,31H2,1-9H3. The molecule has 9 nitrogen and oxygen atoms in total. The van der Waals surface area contributed by atoms with E-state index in [0.717, 1.165) is 4.90 Å². The van der Waals surface area contributed by atoms with Gasteiger partial charge < -0.3 is 19.9 Å². The number of ether oxygens (including phenoxy) is 3. The van der Waals surface area contributed by atoms with E-state index in [0.29, 0.717) is 10.5 Å². The molecular weight excluding hydrogens is 512 g/mol. The fourth-order valence-electron chi connectivity index (χ4n) is 3.21. The zero-order valence-corrected chi connectivity index (χ0v) is 23.8. The Labute approximate surface area is 227 Å². The van der Waals surface area contributed by atoms with Gasteiger partial charge in [0, 0.05) is 0 Å². The molecule has 0 aliphatic heterocycles. The third-order valence-corrected chi connectivity index (χ3v) is 4.66. The second-order valence-corrected chi connectivity index (χ2v) is 11.8. The van der Waals surface area contributed by atoms with Gasteiger partial charge in [-0.25, -0.2) is 23.2 Å². The van der Waals surface area contributed by atoms with Crippen LogP contribution in [0.25, 0.3) is 0 Å². The molecule has 0 atom stereocenters. The van der Waals surface area contributed by atoms with Crippen LogP contribution in [0, 0.1) is 11.6 Å². The Morgan fingerprint density at radius 1 is 0.718 bits per heavy atom. The molecule has 2 rings (SSSR count). The van der Waals surface area contributed by atoms with E-state index in [9.17, 15) is 18.8 Å². The molecule has 0 aliphatic carbocycles. The van der Waals surface area contributed by atoms with E-state index < -0.39 is 52.4 Å². The van der Waals surface area contributed by atoms with Gasteiger partial charge >= 0.3 is 18.3 Å². The van der Waals surface area contributed by atoms with Gasteiger partial charge in [0.25, 0.3) is 0 Å². The molecule has 3 amide bonds. The number of carbonyl (C=O) groups is 3. The van der Waals surface area contributed by atoms with Crippen molar-refractivity contribution in [3.05, 3.63) is 53.6 Å². The van der Waals surface area contributed by atoms with Crippen LogP contribution in [0.4, 0.5) is 40.2 Å². The molecule has 39 heavy (non-hydrogen) atoms. The Kier molecular flexibility index (Phi) is 9.21. The number of carbonyl (C=O) groups excluding carboxylic acids is 3. The van der Waals surface area contributed by atoms with E-state index in [1.54, 1.807) is 62.3 Å². The average Bonchev–Trinajstić information content (AvgIpc) is 2.72. The van der Waals surface area contributed by atoms with Crippen molar-refractivity contribution in [1.82, 2.24) is 0 Å². The normalized spacial score (nSPS) is 12.0. The smallest absolute Gasteiger partial charge is 0.424 e. The molecule has 0 saturated heterocycles. The lowest BCUT2D eigenvalue weighted by Gasteiger charge is -2.31. The zero-order chi connectivity index (χ0) is 29.9. The number of hydrogen-bond donors (Lipinski definition) is 1. The molecule has 214 valence electrons. The number of anilines is 3. The summed E-state index contributed by atoms with van der Waals surface area (Å²) in [4.78, 5) is 40.9. The maximum atomic E-state index is 16.3. The summed E-state index contributed by atoms with van der Waals surface area (Å²) in [6.45, 7) is 14.1. The first-order valence-electron chi connectivity index (χ1n) is 12.3. The van der Waals surface area contributed by atoms with E-state index in [1.165, 1.54) is 36.4 Å². The van der Waals surface area contributed by atoms with Crippen LogP contribution in [0.3, 0.4) is 0 Å². The van der Waals surface area contributed by atoms with Crippen molar-refractivity contribution in [1.29, 1.82) is 0 Å². The Morgan fingerprint density at radius 2 is 1.15 bits per heavy atom. The quantitative estimate of drug-likeness (QED) is 0.318. The van der Waals surface area contributed by atoms with Crippen LogP contribution in [0.15, 0.2) is 36.4 Å². The van der Waals surface area contributed by atoms with Gasteiger partial charge in [0.15, 0.2) is 5.82 Å². The molecule has 0 aliphatic rings. The molecule has 2 aromatic rings. The Hall–Kier alpha value is -3.89. The van der Waals surface area contributed by atoms with Crippen molar-refractivity contribution in [3.8, 4) is 0 Å². The SMILES string of the molecule is CC(C)(C)OC(=O)N(Cc1ccc(F)cc1)c1ccc(N)c(N(C(=O)OC(C)(C)C)C(=O)OC(C)(C)C)c1F. The van der Waals surface area contributed by atoms with Gasteiger partial charge in [0.05, 0.1) is 17.9 Å². The van der Waals surface area contributed by atoms with Crippen LogP contribution in [0.1, 0.15) is 67.9 Å². The van der Waals surface area contributed by atoms with Crippen LogP contribution >= 0.6 is 0 Å². The third kappa shape index (κ3) is 9.12. The highest BCUT2D eigenvalue weighted by Gasteiger charge is 2.38. The molecule has 0 spiro atoms. The summed E-state index contributed by atoms with van der Waals surface area (Å²) in [5.74, 6) is -1.67. The molecule has 11 heteroatoms. The second-order valence-electron chi connectivity index (χ2n) is 11.8. The van der Waals surface area contributed by atoms with Gasteiger partial charge in [-0.3, -0.25) is 4.90 Å².